The van der Waals surface area contributed by atoms with Crippen molar-refractivity contribution >= 4 is 28.9 Å². The van der Waals surface area contributed by atoms with Crippen LogP contribution in [0.3, 0.4) is 0 Å². The summed E-state index contributed by atoms with van der Waals surface area (Å²) in [4.78, 5) is 24.6. The van der Waals surface area contributed by atoms with Gasteiger partial charge in [-0.2, -0.15) is 0 Å². The molecule has 0 bridgehead atoms. The normalized spacial score (nSPS) is 10.3. The number of carboxylic acids is 1. The molecule has 2 rings (SSSR count). The fraction of sp³-hybridized carbons (Fsp3) is 0.143. The van der Waals surface area contributed by atoms with E-state index < -0.39 is 17.7 Å². The summed E-state index contributed by atoms with van der Waals surface area (Å²) in [5, 5.41) is 11.2. The molecule has 0 saturated carbocycles. The lowest BCUT2D eigenvalue weighted by Crippen LogP contribution is -2.13. The van der Waals surface area contributed by atoms with Crippen LogP contribution in [0.4, 0.5) is 10.1 Å². The third-order valence-electron chi connectivity index (χ3n) is 2.75. The van der Waals surface area contributed by atoms with E-state index in [0.717, 1.165) is 15.8 Å². The molecular formula is C14H12FNO3S. The molecule has 1 amide bonds. The molecule has 0 aliphatic carbocycles. The number of anilines is 1. The lowest BCUT2D eigenvalue weighted by atomic mass is 10.2. The monoisotopic (exact) mass is 293 g/mol. The van der Waals surface area contributed by atoms with E-state index in [4.69, 9.17) is 5.11 Å². The molecule has 6 heteroatoms. The van der Waals surface area contributed by atoms with E-state index in [-0.39, 0.29) is 11.3 Å². The van der Waals surface area contributed by atoms with Gasteiger partial charge in [-0.05, 0) is 38.1 Å². The molecule has 0 aliphatic rings. The van der Waals surface area contributed by atoms with Gasteiger partial charge in [0.2, 0.25) is 0 Å². The molecule has 1 heterocycles. The van der Waals surface area contributed by atoms with Crippen molar-refractivity contribution < 1.29 is 19.1 Å². The summed E-state index contributed by atoms with van der Waals surface area (Å²) < 4.78 is 13.7. The molecule has 2 aromatic rings. The number of rotatable bonds is 3. The van der Waals surface area contributed by atoms with Crippen molar-refractivity contribution in [1.82, 2.24) is 0 Å². The van der Waals surface area contributed by atoms with E-state index in [1.54, 1.807) is 6.07 Å². The van der Waals surface area contributed by atoms with Gasteiger partial charge in [0.25, 0.3) is 5.91 Å². The minimum Gasteiger partial charge on any atom is -0.478 e. The number of carbonyl (C=O) groups is 2. The number of aryl methyl sites for hydroxylation is 2. The predicted octanol–water partition coefficient (Wildman–Crippen LogP) is 3.45. The van der Waals surface area contributed by atoms with Crippen molar-refractivity contribution in [3.05, 3.63) is 51.0 Å². The molecule has 2 N–H and O–H groups in total. The fourth-order valence-corrected chi connectivity index (χ4v) is 2.72. The van der Waals surface area contributed by atoms with Gasteiger partial charge in [-0.3, -0.25) is 4.79 Å². The highest BCUT2D eigenvalue weighted by Crippen LogP contribution is 2.23. The van der Waals surface area contributed by atoms with Crippen LogP contribution in [-0.4, -0.2) is 17.0 Å². The smallest absolute Gasteiger partial charge is 0.335 e. The molecule has 20 heavy (non-hydrogen) atoms. The third-order valence-corrected chi connectivity index (χ3v) is 3.72. The Balaban J connectivity index is 2.24. The quantitative estimate of drug-likeness (QED) is 0.910. The number of thiophene rings is 1. The van der Waals surface area contributed by atoms with E-state index in [2.05, 4.69) is 5.32 Å². The highest BCUT2D eigenvalue weighted by atomic mass is 32.1. The van der Waals surface area contributed by atoms with Crippen LogP contribution in [0.15, 0.2) is 24.3 Å². The second kappa shape index (κ2) is 5.42. The molecule has 1 aromatic heterocycles. The summed E-state index contributed by atoms with van der Waals surface area (Å²) in [7, 11) is 0. The fourth-order valence-electron chi connectivity index (χ4n) is 1.80. The maximum atomic E-state index is 13.7. The lowest BCUT2D eigenvalue weighted by molar-refractivity contribution is 0.0696. The zero-order valence-electron chi connectivity index (χ0n) is 10.9. The van der Waals surface area contributed by atoms with E-state index in [9.17, 15) is 14.0 Å². The Morgan fingerprint density at radius 3 is 2.45 bits per heavy atom. The van der Waals surface area contributed by atoms with Crippen LogP contribution in [0.2, 0.25) is 0 Å². The van der Waals surface area contributed by atoms with Crippen molar-refractivity contribution in [2.75, 3.05) is 5.32 Å². The van der Waals surface area contributed by atoms with Crippen molar-refractivity contribution in [3.8, 4) is 0 Å². The summed E-state index contributed by atoms with van der Waals surface area (Å²) in [6.07, 6.45) is 0. The minimum atomic E-state index is -1.22. The SMILES string of the molecule is Cc1cc(C(=O)Nc2ccc(C(=O)O)cc2F)c(C)s1. The Bertz CT molecular complexity index is 694. The molecule has 4 nitrogen and oxygen atoms in total. The standard InChI is InChI=1S/C14H12FNO3S/c1-7-5-10(8(2)20-7)13(17)16-12-4-3-9(14(18)19)6-11(12)15/h3-6H,1-2H3,(H,16,17)(H,18,19). The van der Waals surface area contributed by atoms with E-state index >= 15 is 0 Å². The Morgan fingerprint density at radius 2 is 1.95 bits per heavy atom. The van der Waals surface area contributed by atoms with E-state index in [1.807, 2.05) is 13.8 Å². The van der Waals surface area contributed by atoms with Gasteiger partial charge < -0.3 is 10.4 Å². The average molecular weight is 293 g/mol. The van der Waals surface area contributed by atoms with Crippen LogP contribution in [0.25, 0.3) is 0 Å². The van der Waals surface area contributed by atoms with Crippen LogP contribution in [0.5, 0.6) is 0 Å². The Hall–Kier alpha value is -2.21. The van der Waals surface area contributed by atoms with Gasteiger partial charge in [0.05, 0.1) is 16.8 Å². The maximum absolute atomic E-state index is 13.7. The highest BCUT2D eigenvalue weighted by Gasteiger charge is 2.15. The minimum absolute atomic E-state index is 0.0387. The molecule has 0 radical (unpaired) electrons. The van der Waals surface area contributed by atoms with Gasteiger partial charge >= 0.3 is 5.97 Å². The van der Waals surface area contributed by atoms with Crippen molar-refractivity contribution in [1.29, 1.82) is 0 Å². The number of hydrogen-bond acceptors (Lipinski definition) is 3. The molecule has 104 valence electrons. The first kappa shape index (κ1) is 14.2. The molecule has 0 fully saturated rings. The molecule has 0 aliphatic heterocycles. The van der Waals surface area contributed by atoms with Crippen molar-refractivity contribution in [2.45, 2.75) is 13.8 Å². The first-order valence-electron chi connectivity index (χ1n) is 5.79. The van der Waals surface area contributed by atoms with Gasteiger partial charge in [0, 0.05) is 9.75 Å². The number of amides is 1. The first-order valence-corrected chi connectivity index (χ1v) is 6.61. The Kier molecular flexibility index (Phi) is 3.85. The maximum Gasteiger partial charge on any atom is 0.335 e. The second-order valence-electron chi connectivity index (χ2n) is 4.28. The first-order chi connectivity index (χ1) is 9.38. The largest absolute Gasteiger partial charge is 0.478 e. The topological polar surface area (TPSA) is 66.4 Å². The number of benzene rings is 1. The Labute approximate surface area is 118 Å². The average Bonchev–Trinajstić information content (AvgIpc) is 2.70. The predicted molar refractivity (Wildman–Crippen MR) is 75.1 cm³/mol. The van der Waals surface area contributed by atoms with Crippen LogP contribution >= 0.6 is 11.3 Å². The van der Waals surface area contributed by atoms with Gasteiger partial charge in [0.15, 0.2) is 0 Å². The van der Waals surface area contributed by atoms with Gasteiger partial charge in [-0.25, -0.2) is 9.18 Å². The number of nitrogens with one attached hydrogen (secondary N) is 1. The highest BCUT2D eigenvalue weighted by molar-refractivity contribution is 7.12. The molecular weight excluding hydrogens is 281 g/mol. The van der Waals surface area contributed by atoms with Crippen LogP contribution in [-0.2, 0) is 0 Å². The van der Waals surface area contributed by atoms with E-state index in [1.165, 1.54) is 23.5 Å². The van der Waals surface area contributed by atoms with Gasteiger partial charge in [-0.1, -0.05) is 0 Å². The number of aromatic carboxylic acids is 1. The van der Waals surface area contributed by atoms with Crippen LogP contribution in [0, 0.1) is 19.7 Å². The number of halogens is 1. The van der Waals surface area contributed by atoms with E-state index in [0.29, 0.717) is 5.56 Å². The molecule has 0 atom stereocenters. The molecule has 1 aromatic carbocycles. The van der Waals surface area contributed by atoms with Crippen molar-refractivity contribution in [2.24, 2.45) is 0 Å². The number of carboxylic acid groups (broad SMARTS) is 1. The second-order valence-corrected chi connectivity index (χ2v) is 5.74. The summed E-state index contributed by atoms with van der Waals surface area (Å²) in [5.74, 6) is -2.40. The summed E-state index contributed by atoms with van der Waals surface area (Å²) in [5.41, 5.74) is 0.292. The molecule has 0 saturated heterocycles. The zero-order valence-corrected chi connectivity index (χ0v) is 11.7. The van der Waals surface area contributed by atoms with Crippen LogP contribution < -0.4 is 5.32 Å². The summed E-state index contributed by atoms with van der Waals surface area (Å²) in [6.45, 7) is 3.70. The third kappa shape index (κ3) is 2.85. The summed E-state index contributed by atoms with van der Waals surface area (Å²) >= 11 is 1.49. The molecule has 0 unspecified atom stereocenters. The Morgan fingerprint density at radius 1 is 1.25 bits per heavy atom. The van der Waals surface area contributed by atoms with Crippen molar-refractivity contribution in [3.63, 3.8) is 0 Å². The van der Waals surface area contributed by atoms with Gasteiger partial charge in [-0.15, -0.1) is 11.3 Å². The number of hydrogen-bond donors (Lipinski definition) is 2. The van der Waals surface area contributed by atoms with Crippen LogP contribution in [0.1, 0.15) is 30.5 Å². The lowest BCUT2D eigenvalue weighted by Gasteiger charge is -2.06. The van der Waals surface area contributed by atoms with Gasteiger partial charge in [0.1, 0.15) is 5.82 Å². The zero-order chi connectivity index (χ0) is 14.9. The number of carbonyl (C=O) groups excluding carboxylic acids is 1. The summed E-state index contributed by atoms with van der Waals surface area (Å²) in [6, 6.07) is 5.10. The molecule has 0 spiro atoms.